The van der Waals surface area contributed by atoms with Crippen LogP contribution in [0.15, 0.2) is 150 Å². The van der Waals surface area contributed by atoms with Gasteiger partial charge in [0.05, 0.1) is 34.9 Å². The van der Waals surface area contributed by atoms with Gasteiger partial charge in [0.15, 0.2) is 24.1 Å². The van der Waals surface area contributed by atoms with Crippen molar-refractivity contribution in [1.82, 2.24) is 14.5 Å². The minimum Gasteiger partial charge on any atom is -0.496 e. The number of methoxy groups -OCH3 is 1. The van der Waals surface area contributed by atoms with Crippen LogP contribution in [0.25, 0.3) is 33.4 Å². The lowest BCUT2D eigenvalue weighted by Gasteiger charge is -2.26. The second-order valence-corrected chi connectivity index (χ2v) is 14.0. The molecule has 0 unspecified atom stereocenters. The average molecular weight is 823 g/mol. The van der Waals surface area contributed by atoms with Crippen molar-refractivity contribution in [2.45, 2.75) is 24.5 Å². The number of esters is 3. The number of ether oxygens (including phenoxy) is 5. The molecule has 1 aliphatic heterocycles. The number of carbonyl (C=O) groups is 3. The van der Waals surface area contributed by atoms with Crippen LogP contribution in [0.4, 0.5) is 5.82 Å². The number of hydrogen-bond acceptors (Lipinski definition) is 12. The second kappa shape index (κ2) is 17.2. The summed E-state index contributed by atoms with van der Waals surface area (Å²) < 4.78 is 31.4. The van der Waals surface area contributed by atoms with Crippen molar-refractivity contribution < 1.29 is 38.1 Å². The fraction of sp³-hybridized carbons (Fsp3) is 0.130. The molecular weight excluding hydrogens is 788 g/mol. The van der Waals surface area contributed by atoms with Crippen LogP contribution in [-0.2, 0) is 18.9 Å². The van der Waals surface area contributed by atoms with Gasteiger partial charge in [-0.2, -0.15) is 4.98 Å². The largest absolute Gasteiger partial charge is 0.496 e. The molecule has 0 radical (unpaired) electrons. The van der Waals surface area contributed by atoms with Crippen LogP contribution in [0.1, 0.15) is 37.3 Å². The van der Waals surface area contributed by atoms with Gasteiger partial charge in [-0.1, -0.05) is 96.5 Å². The van der Waals surface area contributed by atoms with Gasteiger partial charge < -0.3 is 29.4 Å². The molecule has 0 amide bonds. The number of pyridine rings is 1. The molecule has 2 aromatic heterocycles. The zero-order chi connectivity index (χ0) is 41.8. The molecule has 4 atom stereocenters. The molecule has 7 aromatic rings. The number of para-hydroxylation sites is 1. The molecule has 1 aliphatic rings. The molecular formula is C46H35ClN4O9. The monoisotopic (exact) mass is 822 g/mol. The minimum absolute atomic E-state index is 0.0123. The van der Waals surface area contributed by atoms with Gasteiger partial charge in [-0.3, -0.25) is 0 Å². The van der Waals surface area contributed by atoms with Crippen molar-refractivity contribution >= 4 is 46.4 Å². The molecule has 0 bridgehead atoms. The molecule has 13 nitrogen and oxygen atoms in total. The summed E-state index contributed by atoms with van der Waals surface area (Å²) in [6, 6.07) is 40.5. The maximum Gasteiger partial charge on any atom is 0.353 e. The first-order chi connectivity index (χ1) is 29.2. The number of carbonyl (C=O) groups excluding carboxylic acids is 3. The standard InChI is InChI=1S/C46H35ClN4O9/c1-56-35-20-12-11-19-32(35)33-25-34(27-21-23-31(47)24-22-27)49-41-37(33)40(48)50-46(55)51(41)42-39(60-45(54)30-17-9-4-10-18-30)38(59-44(53)29-15-7-3-8-16-29)36(58-42)26-57-43(52)28-13-5-2-6-14-28/h2-25,36,38-39,42H,26H2,1H3,(H2,48,50,55)/t36-,38-,39-,42-/m1/s1. The molecule has 8 rings (SSSR count). The molecule has 14 heteroatoms. The smallest absolute Gasteiger partial charge is 0.353 e. The highest BCUT2D eigenvalue weighted by atomic mass is 35.5. The summed E-state index contributed by atoms with van der Waals surface area (Å²) in [5, 5.41) is 0.734. The van der Waals surface area contributed by atoms with Crippen molar-refractivity contribution in [1.29, 1.82) is 0 Å². The van der Waals surface area contributed by atoms with Crippen LogP contribution in [0.3, 0.4) is 0 Å². The number of fused-ring (bicyclic) bond motifs is 1. The molecule has 300 valence electrons. The Morgan fingerprint density at radius 2 is 1.25 bits per heavy atom. The maximum absolute atomic E-state index is 14.4. The summed E-state index contributed by atoms with van der Waals surface area (Å²) in [7, 11) is 1.53. The van der Waals surface area contributed by atoms with Crippen molar-refractivity contribution in [3.8, 4) is 28.1 Å². The summed E-state index contributed by atoms with van der Waals surface area (Å²) >= 11 is 6.27. The summed E-state index contributed by atoms with van der Waals surface area (Å²) in [4.78, 5) is 64.6. The first-order valence-electron chi connectivity index (χ1n) is 18.7. The number of benzene rings is 5. The first kappa shape index (κ1) is 39.5. The topological polar surface area (TPSA) is 171 Å². The van der Waals surface area contributed by atoms with E-state index in [9.17, 15) is 19.2 Å². The predicted molar refractivity (Wildman–Crippen MR) is 223 cm³/mol. The van der Waals surface area contributed by atoms with Crippen LogP contribution in [0, 0.1) is 0 Å². The zero-order valence-electron chi connectivity index (χ0n) is 31.8. The Labute approximate surface area is 347 Å². The predicted octanol–water partition coefficient (Wildman–Crippen LogP) is 7.58. The molecule has 2 N–H and O–H groups in total. The quantitative estimate of drug-likeness (QED) is 0.100. The number of nitrogen functional groups attached to an aromatic ring is 1. The third-order valence-corrected chi connectivity index (χ3v) is 10.1. The van der Waals surface area contributed by atoms with Crippen LogP contribution < -0.4 is 16.2 Å². The van der Waals surface area contributed by atoms with E-state index in [1.165, 1.54) is 7.11 Å². The van der Waals surface area contributed by atoms with Gasteiger partial charge in [0.1, 0.15) is 24.3 Å². The third kappa shape index (κ3) is 8.04. The van der Waals surface area contributed by atoms with Gasteiger partial charge >= 0.3 is 23.6 Å². The van der Waals surface area contributed by atoms with Gasteiger partial charge in [-0.15, -0.1) is 0 Å². The van der Waals surface area contributed by atoms with E-state index in [1.54, 1.807) is 127 Å². The number of rotatable bonds is 11. The van der Waals surface area contributed by atoms with Crippen LogP contribution in [0.2, 0.25) is 5.02 Å². The van der Waals surface area contributed by atoms with E-state index in [0.29, 0.717) is 33.2 Å². The van der Waals surface area contributed by atoms with Crippen molar-refractivity contribution in [3.05, 3.63) is 178 Å². The first-order valence-corrected chi connectivity index (χ1v) is 19.1. The maximum atomic E-state index is 14.4. The second-order valence-electron chi connectivity index (χ2n) is 13.6. The van der Waals surface area contributed by atoms with Gasteiger partial charge in [0.25, 0.3) is 0 Å². The summed E-state index contributed by atoms with van der Waals surface area (Å²) in [5.41, 5.74) is 8.39. The number of aromatic nitrogens is 3. The summed E-state index contributed by atoms with van der Waals surface area (Å²) in [5.74, 6) is -1.97. The fourth-order valence-corrected chi connectivity index (χ4v) is 7.13. The molecule has 1 fully saturated rings. The van der Waals surface area contributed by atoms with E-state index in [1.807, 2.05) is 18.2 Å². The Bertz CT molecular complexity index is 2750. The number of halogens is 1. The zero-order valence-corrected chi connectivity index (χ0v) is 32.6. The van der Waals surface area contributed by atoms with Crippen LogP contribution in [0.5, 0.6) is 5.75 Å². The fourth-order valence-electron chi connectivity index (χ4n) is 7.00. The Morgan fingerprint density at radius 3 is 1.85 bits per heavy atom. The van der Waals surface area contributed by atoms with Crippen molar-refractivity contribution in [2.24, 2.45) is 0 Å². The van der Waals surface area contributed by atoms with Crippen molar-refractivity contribution in [3.63, 3.8) is 0 Å². The average Bonchev–Trinajstić information content (AvgIpc) is 3.60. The van der Waals surface area contributed by atoms with Crippen molar-refractivity contribution in [2.75, 3.05) is 19.5 Å². The Kier molecular flexibility index (Phi) is 11.3. The SMILES string of the molecule is COc1ccccc1-c1cc(-c2ccc(Cl)cc2)nc2c1c(N)nc(=O)n2[C@@H]1O[C@H](COC(=O)c2ccccc2)[C@@H](OC(=O)c2ccccc2)[C@H]1OC(=O)c1ccccc1. The third-order valence-electron chi connectivity index (χ3n) is 9.88. The lowest BCUT2D eigenvalue weighted by molar-refractivity contribution is -0.0622. The van der Waals surface area contributed by atoms with Gasteiger partial charge in [-0.25, -0.2) is 28.7 Å². The summed E-state index contributed by atoms with van der Waals surface area (Å²) in [6.45, 7) is -0.485. The highest BCUT2D eigenvalue weighted by molar-refractivity contribution is 6.30. The highest BCUT2D eigenvalue weighted by Crippen LogP contribution is 2.41. The van der Waals surface area contributed by atoms with E-state index in [4.69, 9.17) is 46.0 Å². The lowest BCUT2D eigenvalue weighted by atomic mass is 9.98. The van der Waals surface area contributed by atoms with E-state index in [0.717, 1.165) is 4.57 Å². The molecule has 0 aliphatic carbocycles. The molecule has 3 heterocycles. The van der Waals surface area contributed by atoms with E-state index in [-0.39, 0.29) is 33.5 Å². The lowest BCUT2D eigenvalue weighted by Crippen LogP contribution is -2.42. The molecule has 60 heavy (non-hydrogen) atoms. The van der Waals surface area contributed by atoms with Crippen LogP contribution >= 0.6 is 11.6 Å². The number of nitrogens with zero attached hydrogens (tertiary/aromatic N) is 3. The van der Waals surface area contributed by atoms with Gasteiger partial charge in [-0.05, 0) is 60.7 Å². The molecule has 0 spiro atoms. The van der Waals surface area contributed by atoms with E-state index in [2.05, 4.69) is 4.98 Å². The molecule has 0 saturated carbocycles. The normalized spacial score (nSPS) is 17.2. The molecule has 1 saturated heterocycles. The number of hydrogen-bond donors (Lipinski definition) is 1. The number of anilines is 1. The van der Waals surface area contributed by atoms with Gasteiger partial charge in [0, 0.05) is 21.7 Å². The van der Waals surface area contributed by atoms with Gasteiger partial charge in [0.2, 0.25) is 0 Å². The number of nitrogens with two attached hydrogens (primary N) is 1. The van der Waals surface area contributed by atoms with Crippen LogP contribution in [-0.4, -0.2) is 64.5 Å². The van der Waals surface area contributed by atoms with E-state index < -0.39 is 54.7 Å². The Morgan fingerprint density at radius 1 is 0.700 bits per heavy atom. The molecule has 5 aromatic carbocycles. The minimum atomic E-state index is -1.58. The van der Waals surface area contributed by atoms with E-state index >= 15 is 0 Å². The summed E-state index contributed by atoms with van der Waals surface area (Å²) in [6.07, 6.45) is -5.87. The Balaban J connectivity index is 1.33. The Hall–Kier alpha value is -7.35. The highest BCUT2D eigenvalue weighted by Gasteiger charge is 2.52.